The van der Waals surface area contributed by atoms with Crippen molar-refractivity contribution in [3.8, 4) is 0 Å². The van der Waals surface area contributed by atoms with Gasteiger partial charge in [0.2, 0.25) is 0 Å². The third-order valence-electron chi connectivity index (χ3n) is 2.01. The number of rotatable bonds is 3. The van der Waals surface area contributed by atoms with Crippen LogP contribution in [-0.2, 0) is 14.3 Å². The van der Waals surface area contributed by atoms with Gasteiger partial charge in [0.25, 0.3) is 0 Å². The van der Waals surface area contributed by atoms with Crippen LogP contribution in [0.5, 0.6) is 0 Å². The van der Waals surface area contributed by atoms with Crippen molar-refractivity contribution in [1.29, 1.82) is 0 Å². The summed E-state index contributed by atoms with van der Waals surface area (Å²) in [5, 5.41) is 0. The minimum absolute atomic E-state index is 0.00843. The van der Waals surface area contributed by atoms with Crippen molar-refractivity contribution >= 4 is 12.3 Å². The van der Waals surface area contributed by atoms with E-state index in [4.69, 9.17) is 4.74 Å². The summed E-state index contributed by atoms with van der Waals surface area (Å²) in [7, 11) is 0. The van der Waals surface area contributed by atoms with Crippen molar-refractivity contribution in [2.45, 2.75) is 13.3 Å². The number of esters is 1. The minimum Gasteiger partial charge on any atom is -0.465 e. The van der Waals surface area contributed by atoms with Gasteiger partial charge in [-0.1, -0.05) is 6.92 Å². The first-order valence-electron chi connectivity index (χ1n) is 4.55. The van der Waals surface area contributed by atoms with Crippen molar-refractivity contribution in [1.82, 2.24) is 4.90 Å². The summed E-state index contributed by atoms with van der Waals surface area (Å²) in [4.78, 5) is 23.4. The van der Waals surface area contributed by atoms with E-state index in [9.17, 15) is 9.59 Å². The van der Waals surface area contributed by atoms with Gasteiger partial charge in [-0.2, -0.15) is 0 Å². The van der Waals surface area contributed by atoms with Crippen LogP contribution in [0.4, 0.5) is 0 Å². The molecule has 0 aromatic carbocycles. The van der Waals surface area contributed by atoms with Gasteiger partial charge in [-0.15, -0.1) is 0 Å². The largest absolute Gasteiger partial charge is 0.465 e. The number of nitrogens with zero attached hydrogens (tertiary/aromatic N) is 1. The topological polar surface area (TPSA) is 46.6 Å². The molecule has 1 rings (SSSR count). The van der Waals surface area contributed by atoms with E-state index in [0.717, 1.165) is 19.3 Å². The molecule has 1 atom stereocenters. The molecule has 0 N–H and O–H groups in total. The second-order valence-electron chi connectivity index (χ2n) is 3.42. The van der Waals surface area contributed by atoms with Crippen LogP contribution >= 0.6 is 0 Å². The second kappa shape index (κ2) is 4.97. The summed E-state index contributed by atoms with van der Waals surface area (Å²) in [6.07, 6.45) is 1.77. The molecule has 0 bridgehead atoms. The molecular formula is C9H15NO3. The monoisotopic (exact) mass is 185 g/mol. The Kier molecular flexibility index (Phi) is 3.89. The SMILES string of the molecule is CC(C=O)CN1CCCOC(=O)C1. The summed E-state index contributed by atoms with van der Waals surface area (Å²) in [5.74, 6) is -0.193. The first-order valence-corrected chi connectivity index (χ1v) is 4.55. The minimum atomic E-state index is -0.185. The van der Waals surface area contributed by atoms with Crippen LogP contribution in [-0.4, -0.2) is 43.4 Å². The van der Waals surface area contributed by atoms with Gasteiger partial charge >= 0.3 is 5.97 Å². The number of cyclic esters (lactones) is 1. The zero-order chi connectivity index (χ0) is 9.68. The van der Waals surface area contributed by atoms with Gasteiger partial charge in [-0.3, -0.25) is 9.69 Å². The molecule has 0 amide bonds. The maximum atomic E-state index is 11.0. The van der Waals surface area contributed by atoms with Crippen LogP contribution in [0.2, 0.25) is 0 Å². The summed E-state index contributed by atoms with van der Waals surface area (Å²) >= 11 is 0. The number of aldehydes is 1. The van der Waals surface area contributed by atoms with E-state index in [-0.39, 0.29) is 11.9 Å². The quantitative estimate of drug-likeness (QED) is 0.461. The van der Waals surface area contributed by atoms with Crippen molar-refractivity contribution in [3.63, 3.8) is 0 Å². The highest BCUT2D eigenvalue weighted by Crippen LogP contribution is 2.03. The summed E-state index contributed by atoms with van der Waals surface area (Å²) in [5.41, 5.74) is 0. The number of hydrogen-bond acceptors (Lipinski definition) is 4. The fourth-order valence-electron chi connectivity index (χ4n) is 1.39. The third-order valence-corrected chi connectivity index (χ3v) is 2.01. The van der Waals surface area contributed by atoms with Gasteiger partial charge < -0.3 is 9.53 Å². The van der Waals surface area contributed by atoms with E-state index in [2.05, 4.69) is 0 Å². The Labute approximate surface area is 77.8 Å². The third kappa shape index (κ3) is 3.55. The molecule has 0 saturated carbocycles. The number of carbonyl (C=O) groups excluding carboxylic acids is 2. The van der Waals surface area contributed by atoms with Crippen molar-refractivity contribution in [2.75, 3.05) is 26.2 Å². The Hall–Kier alpha value is -0.900. The lowest BCUT2D eigenvalue weighted by atomic mass is 10.2. The molecule has 1 aliphatic rings. The summed E-state index contributed by atoms with van der Waals surface area (Å²) < 4.78 is 4.88. The van der Waals surface area contributed by atoms with Crippen LogP contribution in [0.15, 0.2) is 0 Å². The van der Waals surface area contributed by atoms with Crippen LogP contribution < -0.4 is 0 Å². The molecule has 1 unspecified atom stereocenters. The standard InChI is InChI=1S/C9H15NO3/c1-8(7-11)5-10-3-2-4-13-9(12)6-10/h7-8H,2-6H2,1H3. The molecular weight excluding hydrogens is 170 g/mol. The zero-order valence-electron chi connectivity index (χ0n) is 7.86. The second-order valence-corrected chi connectivity index (χ2v) is 3.42. The van der Waals surface area contributed by atoms with Crippen LogP contribution in [0.3, 0.4) is 0 Å². The number of hydrogen-bond donors (Lipinski definition) is 0. The van der Waals surface area contributed by atoms with E-state index >= 15 is 0 Å². The Morgan fingerprint density at radius 2 is 2.46 bits per heavy atom. The van der Waals surface area contributed by atoms with Crippen LogP contribution in [0.25, 0.3) is 0 Å². The average molecular weight is 185 g/mol. The average Bonchev–Trinajstić information content (AvgIpc) is 2.30. The molecule has 1 fully saturated rings. The van der Waals surface area contributed by atoms with E-state index in [1.54, 1.807) is 0 Å². The Morgan fingerprint density at radius 1 is 1.69 bits per heavy atom. The highest BCUT2D eigenvalue weighted by atomic mass is 16.5. The van der Waals surface area contributed by atoms with Gasteiger partial charge in [0.05, 0.1) is 13.2 Å². The summed E-state index contributed by atoms with van der Waals surface area (Å²) in [6, 6.07) is 0. The normalized spacial score (nSPS) is 21.8. The van der Waals surface area contributed by atoms with Gasteiger partial charge in [0.15, 0.2) is 0 Å². The zero-order valence-corrected chi connectivity index (χ0v) is 7.86. The van der Waals surface area contributed by atoms with Gasteiger partial charge in [-0.25, -0.2) is 0 Å². The lowest BCUT2D eigenvalue weighted by molar-refractivity contribution is -0.143. The molecule has 1 saturated heterocycles. The Balaban J connectivity index is 2.38. The van der Waals surface area contributed by atoms with Crippen molar-refractivity contribution in [2.24, 2.45) is 5.92 Å². The van der Waals surface area contributed by atoms with E-state index in [1.807, 2.05) is 11.8 Å². The smallest absolute Gasteiger partial charge is 0.320 e. The van der Waals surface area contributed by atoms with Crippen LogP contribution in [0.1, 0.15) is 13.3 Å². The number of carbonyl (C=O) groups is 2. The fraction of sp³-hybridized carbons (Fsp3) is 0.778. The fourth-order valence-corrected chi connectivity index (χ4v) is 1.39. The van der Waals surface area contributed by atoms with Crippen LogP contribution in [0, 0.1) is 5.92 Å². The molecule has 0 aromatic rings. The van der Waals surface area contributed by atoms with E-state index < -0.39 is 0 Å². The van der Waals surface area contributed by atoms with E-state index in [0.29, 0.717) is 19.7 Å². The molecule has 0 spiro atoms. The highest BCUT2D eigenvalue weighted by molar-refractivity contribution is 5.71. The molecule has 4 heteroatoms. The van der Waals surface area contributed by atoms with Gasteiger partial charge in [0, 0.05) is 19.0 Å². The lowest BCUT2D eigenvalue weighted by Gasteiger charge is -2.18. The van der Waals surface area contributed by atoms with Crippen molar-refractivity contribution in [3.05, 3.63) is 0 Å². The maximum absolute atomic E-state index is 11.0. The Morgan fingerprint density at radius 3 is 3.15 bits per heavy atom. The highest BCUT2D eigenvalue weighted by Gasteiger charge is 2.17. The summed E-state index contributed by atoms with van der Waals surface area (Å²) in [6.45, 7) is 4.16. The van der Waals surface area contributed by atoms with Gasteiger partial charge in [0.1, 0.15) is 6.29 Å². The molecule has 0 aromatic heterocycles. The first-order chi connectivity index (χ1) is 6.22. The predicted molar refractivity (Wildman–Crippen MR) is 47.2 cm³/mol. The molecule has 74 valence electrons. The number of ether oxygens (including phenoxy) is 1. The predicted octanol–water partition coefficient (Wildman–Crippen LogP) is 0.0703. The molecule has 0 radical (unpaired) electrons. The van der Waals surface area contributed by atoms with Gasteiger partial charge in [-0.05, 0) is 6.42 Å². The van der Waals surface area contributed by atoms with E-state index in [1.165, 1.54) is 0 Å². The molecule has 13 heavy (non-hydrogen) atoms. The van der Waals surface area contributed by atoms with Crippen molar-refractivity contribution < 1.29 is 14.3 Å². The molecule has 1 heterocycles. The molecule has 4 nitrogen and oxygen atoms in total. The maximum Gasteiger partial charge on any atom is 0.320 e. The molecule has 0 aliphatic carbocycles. The first kappa shape index (κ1) is 10.2. The Bertz CT molecular complexity index is 193. The molecule has 1 aliphatic heterocycles. The lowest BCUT2D eigenvalue weighted by Crippen LogP contribution is -2.33.